The van der Waals surface area contributed by atoms with Crippen molar-refractivity contribution in [2.24, 2.45) is 0 Å². The third kappa shape index (κ3) is 4.10. The lowest BCUT2D eigenvalue weighted by atomic mass is 10.2. The third-order valence-corrected chi connectivity index (χ3v) is 5.70. The molecule has 0 aliphatic heterocycles. The molecule has 144 valence electrons. The Morgan fingerprint density at radius 1 is 1.04 bits per heavy atom. The lowest BCUT2D eigenvalue weighted by Crippen LogP contribution is -2.15. The highest BCUT2D eigenvalue weighted by Crippen LogP contribution is 2.21. The van der Waals surface area contributed by atoms with Crippen LogP contribution in [-0.2, 0) is 13.1 Å². The van der Waals surface area contributed by atoms with Crippen LogP contribution in [0, 0.1) is 0 Å². The molecule has 0 amide bonds. The van der Waals surface area contributed by atoms with E-state index in [9.17, 15) is 0 Å². The number of rotatable bonds is 9. The van der Waals surface area contributed by atoms with Crippen LogP contribution in [-0.4, -0.2) is 37.1 Å². The fraction of sp³-hybridized carbons (Fsp3) is 0.286. The van der Waals surface area contributed by atoms with Crippen LogP contribution in [0.25, 0.3) is 16.6 Å². The zero-order valence-corrected chi connectivity index (χ0v) is 16.8. The number of thioether (sulfide) groups is 1. The molecule has 2 aromatic carbocycles. The SMILES string of the molecule is CCn1cc(CNCCCSc2nnnn2-c2ccccc2)c2ccccc21. The van der Waals surface area contributed by atoms with Crippen LogP contribution in [0.1, 0.15) is 18.9 Å². The molecule has 4 aromatic rings. The van der Waals surface area contributed by atoms with Gasteiger partial charge in [-0.3, -0.25) is 0 Å². The van der Waals surface area contributed by atoms with Crippen molar-refractivity contribution >= 4 is 22.7 Å². The van der Waals surface area contributed by atoms with Crippen molar-refractivity contribution in [3.05, 3.63) is 66.4 Å². The van der Waals surface area contributed by atoms with Crippen LogP contribution in [0.5, 0.6) is 0 Å². The number of aryl methyl sites for hydroxylation is 1. The molecule has 0 aliphatic rings. The van der Waals surface area contributed by atoms with Crippen molar-refractivity contribution < 1.29 is 0 Å². The lowest BCUT2D eigenvalue weighted by Gasteiger charge is -2.05. The normalized spacial score (nSPS) is 11.3. The molecule has 2 heterocycles. The Balaban J connectivity index is 1.26. The van der Waals surface area contributed by atoms with E-state index < -0.39 is 0 Å². The summed E-state index contributed by atoms with van der Waals surface area (Å²) in [5, 5.41) is 17.8. The molecular formula is C21H24N6S. The number of benzene rings is 2. The standard InChI is InChI=1S/C21H24N6S/c1-2-26-16-17(19-11-6-7-12-20(19)26)15-22-13-8-14-28-21-23-24-25-27(21)18-9-4-3-5-10-18/h3-7,9-12,16,22H,2,8,13-15H2,1H3. The van der Waals surface area contributed by atoms with Gasteiger partial charge in [0.15, 0.2) is 0 Å². The molecule has 0 unspecified atom stereocenters. The van der Waals surface area contributed by atoms with E-state index in [0.29, 0.717) is 0 Å². The highest BCUT2D eigenvalue weighted by atomic mass is 32.2. The second-order valence-corrected chi connectivity index (χ2v) is 7.61. The zero-order chi connectivity index (χ0) is 19.2. The highest BCUT2D eigenvalue weighted by molar-refractivity contribution is 7.99. The summed E-state index contributed by atoms with van der Waals surface area (Å²) in [5.41, 5.74) is 3.66. The minimum absolute atomic E-state index is 0.831. The molecule has 0 radical (unpaired) electrons. The molecule has 0 fully saturated rings. The highest BCUT2D eigenvalue weighted by Gasteiger charge is 2.09. The Morgan fingerprint density at radius 2 is 1.86 bits per heavy atom. The molecule has 4 rings (SSSR count). The minimum Gasteiger partial charge on any atom is -0.347 e. The average molecular weight is 393 g/mol. The maximum absolute atomic E-state index is 4.15. The first-order valence-corrected chi connectivity index (χ1v) is 10.6. The van der Waals surface area contributed by atoms with Crippen LogP contribution >= 0.6 is 11.8 Å². The first kappa shape index (κ1) is 18.7. The summed E-state index contributed by atoms with van der Waals surface area (Å²) in [6, 6.07) is 18.6. The summed E-state index contributed by atoms with van der Waals surface area (Å²) < 4.78 is 4.10. The number of nitrogens with one attached hydrogen (secondary N) is 1. The van der Waals surface area contributed by atoms with E-state index in [0.717, 1.165) is 42.7 Å². The molecule has 0 spiro atoms. The zero-order valence-electron chi connectivity index (χ0n) is 16.0. The van der Waals surface area contributed by atoms with Crippen molar-refractivity contribution in [3.8, 4) is 5.69 Å². The lowest BCUT2D eigenvalue weighted by molar-refractivity contribution is 0.676. The Hall–Kier alpha value is -2.64. The molecule has 6 nitrogen and oxygen atoms in total. The van der Waals surface area contributed by atoms with Gasteiger partial charge in [-0.25, -0.2) is 0 Å². The first-order chi connectivity index (χ1) is 13.9. The van der Waals surface area contributed by atoms with Crippen molar-refractivity contribution in [1.82, 2.24) is 30.1 Å². The van der Waals surface area contributed by atoms with Gasteiger partial charge in [0.1, 0.15) is 0 Å². The predicted molar refractivity (Wildman–Crippen MR) is 114 cm³/mol. The number of hydrogen-bond acceptors (Lipinski definition) is 5. The Morgan fingerprint density at radius 3 is 2.71 bits per heavy atom. The maximum atomic E-state index is 4.15. The molecule has 0 saturated heterocycles. The fourth-order valence-corrected chi connectivity index (χ4v) is 4.14. The van der Waals surface area contributed by atoms with Gasteiger partial charge in [0.05, 0.1) is 5.69 Å². The van der Waals surface area contributed by atoms with Gasteiger partial charge >= 0.3 is 0 Å². The smallest absolute Gasteiger partial charge is 0.214 e. The van der Waals surface area contributed by atoms with E-state index in [4.69, 9.17) is 0 Å². The largest absolute Gasteiger partial charge is 0.347 e. The molecule has 0 aliphatic carbocycles. The Labute approximate surface area is 168 Å². The minimum atomic E-state index is 0.831. The number of hydrogen-bond donors (Lipinski definition) is 1. The van der Waals surface area contributed by atoms with Gasteiger partial charge in [-0.05, 0) is 54.1 Å². The van der Waals surface area contributed by atoms with Gasteiger partial charge in [-0.1, -0.05) is 48.2 Å². The van der Waals surface area contributed by atoms with E-state index in [1.165, 1.54) is 16.5 Å². The Bertz CT molecular complexity index is 1020. The van der Waals surface area contributed by atoms with Gasteiger partial charge < -0.3 is 9.88 Å². The van der Waals surface area contributed by atoms with Crippen molar-refractivity contribution in [2.45, 2.75) is 31.6 Å². The molecule has 7 heteroatoms. The first-order valence-electron chi connectivity index (χ1n) is 9.61. The van der Waals surface area contributed by atoms with E-state index >= 15 is 0 Å². The van der Waals surface area contributed by atoms with Crippen LogP contribution in [0.2, 0.25) is 0 Å². The number of tetrazole rings is 1. The van der Waals surface area contributed by atoms with Crippen LogP contribution < -0.4 is 5.32 Å². The molecule has 0 bridgehead atoms. The van der Waals surface area contributed by atoms with Gasteiger partial charge in [-0.2, -0.15) is 4.68 Å². The monoisotopic (exact) mass is 392 g/mol. The summed E-state index contributed by atoms with van der Waals surface area (Å²) in [4.78, 5) is 0. The van der Waals surface area contributed by atoms with Gasteiger partial charge in [0.25, 0.3) is 0 Å². The van der Waals surface area contributed by atoms with Crippen LogP contribution in [0.15, 0.2) is 66.0 Å². The molecule has 1 N–H and O–H groups in total. The summed E-state index contributed by atoms with van der Waals surface area (Å²) in [6.45, 7) is 5.03. The number of para-hydroxylation sites is 2. The topological polar surface area (TPSA) is 60.6 Å². The number of aromatic nitrogens is 5. The van der Waals surface area contributed by atoms with E-state index in [2.05, 4.69) is 62.8 Å². The molecular weight excluding hydrogens is 368 g/mol. The Kier molecular flexibility index (Phi) is 6.04. The van der Waals surface area contributed by atoms with Gasteiger partial charge in [0.2, 0.25) is 5.16 Å². The van der Waals surface area contributed by atoms with Crippen LogP contribution in [0.4, 0.5) is 0 Å². The molecule has 2 aromatic heterocycles. The summed E-state index contributed by atoms with van der Waals surface area (Å²) in [5.74, 6) is 0.969. The van der Waals surface area contributed by atoms with E-state index in [-0.39, 0.29) is 0 Å². The predicted octanol–water partition coefficient (Wildman–Crippen LogP) is 3.91. The molecule has 0 atom stereocenters. The van der Waals surface area contributed by atoms with Gasteiger partial charge in [-0.15, -0.1) is 5.10 Å². The second-order valence-electron chi connectivity index (χ2n) is 6.55. The molecule has 0 saturated carbocycles. The van der Waals surface area contributed by atoms with Crippen molar-refractivity contribution in [3.63, 3.8) is 0 Å². The van der Waals surface area contributed by atoms with Gasteiger partial charge in [0, 0.05) is 35.9 Å². The van der Waals surface area contributed by atoms with E-state index in [1.807, 2.05) is 30.3 Å². The van der Waals surface area contributed by atoms with Crippen LogP contribution in [0.3, 0.4) is 0 Å². The van der Waals surface area contributed by atoms with Crippen molar-refractivity contribution in [1.29, 1.82) is 0 Å². The fourth-order valence-electron chi connectivity index (χ4n) is 3.31. The number of nitrogens with zero attached hydrogens (tertiary/aromatic N) is 5. The quantitative estimate of drug-likeness (QED) is 0.346. The summed E-state index contributed by atoms with van der Waals surface area (Å²) in [6.07, 6.45) is 3.32. The average Bonchev–Trinajstić information content (AvgIpc) is 3.36. The summed E-state index contributed by atoms with van der Waals surface area (Å²) >= 11 is 1.69. The van der Waals surface area contributed by atoms with E-state index in [1.54, 1.807) is 16.4 Å². The summed E-state index contributed by atoms with van der Waals surface area (Å²) in [7, 11) is 0. The second kappa shape index (κ2) is 9.03. The van der Waals surface area contributed by atoms with Crippen molar-refractivity contribution in [2.75, 3.05) is 12.3 Å². The molecule has 28 heavy (non-hydrogen) atoms. The third-order valence-electron chi connectivity index (χ3n) is 4.70. The number of fused-ring (bicyclic) bond motifs is 1. The maximum Gasteiger partial charge on any atom is 0.214 e.